The molecule has 2 aromatic carbocycles. The predicted octanol–water partition coefficient (Wildman–Crippen LogP) is 7.83. The van der Waals surface area contributed by atoms with E-state index >= 15 is 0 Å². The van der Waals surface area contributed by atoms with Gasteiger partial charge in [0.1, 0.15) is 12.4 Å². The van der Waals surface area contributed by atoms with Gasteiger partial charge in [-0.15, -0.1) is 0 Å². The summed E-state index contributed by atoms with van der Waals surface area (Å²) in [6.07, 6.45) is 0. The smallest absolute Gasteiger partial charge is 0.255 e. The summed E-state index contributed by atoms with van der Waals surface area (Å²) in [6.45, 7) is 22.1. The van der Waals surface area contributed by atoms with Crippen LogP contribution in [0.1, 0.15) is 69.4 Å². The third kappa shape index (κ3) is 4.92. The Kier molecular flexibility index (Phi) is 9.73. The van der Waals surface area contributed by atoms with Gasteiger partial charge in [-0.2, -0.15) is 0 Å². The molecule has 2 aliphatic rings. The zero-order chi connectivity index (χ0) is 34.8. The van der Waals surface area contributed by atoms with Crippen molar-refractivity contribution in [3.63, 3.8) is 0 Å². The minimum absolute atomic E-state index is 0.157. The van der Waals surface area contributed by atoms with Gasteiger partial charge >= 0.3 is 0 Å². The van der Waals surface area contributed by atoms with Crippen LogP contribution in [-0.4, -0.2) is 59.3 Å². The van der Waals surface area contributed by atoms with Gasteiger partial charge in [-0.25, -0.2) is 0 Å². The quantitative estimate of drug-likeness (QED) is 0.156. The van der Waals surface area contributed by atoms with Crippen LogP contribution in [0.2, 0.25) is 36.3 Å². The first-order valence-corrected chi connectivity index (χ1v) is 21.6. The Bertz CT molecular complexity index is 1320. The third-order valence-corrected chi connectivity index (χ3v) is 19.7. The molecule has 0 spiro atoms. The van der Waals surface area contributed by atoms with Gasteiger partial charge in [0.25, 0.3) is 23.1 Å². The molecule has 46 heavy (non-hydrogen) atoms. The molecule has 0 amide bonds. The summed E-state index contributed by atoms with van der Waals surface area (Å²) < 4.78 is 59.2. The summed E-state index contributed by atoms with van der Waals surface area (Å²) in [6, 6.07) is 12.0. The number of hydrogen-bond donors (Lipinski definition) is 0. The SMILES string of the molecule is COC1(OC)c2cc3c(c(OCc4ccccc4)c2C1(OC)O[Si](C)(C)C(C)(C)C)C(OC)(O[Si](C)(C)C(C)(C)C)C3(OC)OC. The summed E-state index contributed by atoms with van der Waals surface area (Å²) in [5.74, 6) is -5.31. The highest BCUT2D eigenvalue weighted by Gasteiger charge is 2.78. The molecule has 9 nitrogen and oxygen atoms in total. The molecule has 0 saturated heterocycles. The Morgan fingerprint density at radius 1 is 0.543 bits per heavy atom. The number of rotatable bonds is 13. The molecule has 0 radical (unpaired) electrons. The maximum absolute atomic E-state index is 7.22. The van der Waals surface area contributed by atoms with E-state index in [1.807, 2.05) is 36.4 Å². The summed E-state index contributed by atoms with van der Waals surface area (Å²) in [5.41, 5.74) is 3.70. The van der Waals surface area contributed by atoms with Gasteiger partial charge in [0.2, 0.25) is 0 Å². The van der Waals surface area contributed by atoms with Gasteiger partial charge in [0.05, 0.1) is 11.1 Å². The van der Waals surface area contributed by atoms with Crippen LogP contribution >= 0.6 is 0 Å². The molecule has 0 bridgehead atoms. The highest BCUT2D eigenvalue weighted by atomic mass is 28.4. The molecule has 258 valence electrons. The molecule has 0 fully saturated rings. The Morgan fingerprint density at radius 2 is 0.891 bits per heavy atom. The Balaban J connectivity index is 2.13. The van der Waals surface area contributed by atoms with Crippen molar-refractivity contribution in [1.29, 1.82) is 0 Å². The van der Waals surface area contributed by atoms with Gasteiger partial charge in [0.15, 0.2) is 16.6 Å². The maximum atomic E-state index is 7.22. The molecule has 2 aliphatic carbocycles. The van der Waals surface area contributed by atoms with Crippen molar-refractivity contribution in [2.75, 3.05) is 42.7 Å². The van der Waals surface area contributed by atoms with Crippen LogP contribution in [0.15, 0.2) is 36.4 Å². The van der Waals surface area contributed by atoms with Crippen molar-refractivity contribution in [2.24, 2.45) is 0 Å². The Morgan fingerprint density at radius 3 is 1.20 bits per heavy atom. The van der Waals surface area contributed by atoms with Gasteiger partial charge < -0.3 is 42.0 Å². The minimum Gasteiger partial charge on any atom is -0.488 e. The summed E-state index contributed by atoms with van der Waals surface area (Å²) >= 11 is 0. The fraction of sp³-hybridized carbons (Fsp3) is 0.657. The maximum Gasteiger partial charge on any atom is 0.255 e. The van der Waals surface area contributed by atoms with E-state index in [-0.39, 0.29) is 16.7 Å². The van der Waals surface area contributed by atoms with Crippen LogP contribution in [0.3, 0.4) is 0 Å². The molecule has 0 aliphatic heterocycles. The molecule has 2 aromatic rings. The first kappa shape index (κ1) is 37.2. The van der Waals surface area contributed by atoms with Crippen LogP contribution in [0.5, 0.6) is 5.75 Å². The number of hydrogen-bond acceptors (Lipinski definition) is 9. The number of benzene rings is 2. The van der Waals surface area contributed by atoms with Gasteiger partial charge in [-0.05, 0) is 47.9 Å². The lowest BCUT2D eigenvalue weighted by Crippen LogP contribution is -2.70. The second kappa shape index (κ2) is 12.0. The van der Waals surface area contributed by atoms with E-state index < -0.39 is 39.8 Å². The molecule has 0 heterocycles. The van der Waals surface area contributed by atoms with E-state index in [1.54, 1.807) is 42.7 Å². The van der Waals surface area contributed by atoms with E-state index in [2.05, 4.69) is 67.7 Å². The van der Waals surface area contributed by atoms with Crippen molar-refractivity contribution in [2.45, 2.75) is 108 Å². The molecule has 11 heteroatoms. The number of methoxy groups -OCH3 is 6. The topological polar surface area (TPSA) is 83.1 Å². The van der Waals surface area contributed by atoms with Crippen LogP contribution in [-0.2, 0) is 67.0 Å². The highest BCUT2D eigenvalue weighted by molar-refractivity contribution is 6.74. The number of ether oxygens (including phenoxy) is 7. The van der Waals surface area contributed by atoms with Gasteiger partial charge in [-0.1, -0.05) is 71.9 Å². The molecular weight excluding hydrogens is 621 g/mol. The van der Waals surface area contributed by atoms with E-state index in [4.69, 9.17) is 42.0 Å². The highest BCUT2D eigenvalue weighted by Crippen LogP contribution is 2.71. The molecular formula is C35H56O9Si2. The Hall–Kier alpha value is -1.65. The zero-order valence-corrected chi connectivity index (χ0v) is 32.8. The number of fused-ring (bicyclic) bond motifs is 2. The second-order valence-electron chi connectivity index (χ2n) is 15.2. The second-order valence-corrected chi connectivity index (χ2v) is 24.7. The lowest BCUT2D eigenvalue weighted by atomic mass is 9.64. The van der Waals surface area contributed by atoms with E-state index in [1.165, 1.54) is 0 Å². The minimum atomic E-state index is -2.54. The average molecular weight is 677 g/mol. The summed E-state index contributed by atoms with van der Waals surface area (Å²) in [4.78, 5) is 0. The zero-order valence-electron chi connectivity index (χ0n) is 30.8. The molecule has 4 rings (SSSR count). The third-order valence-electron chi connectivity index (χ3n) is 10.9. The van der Waals surface area contributed by atoms with Crippen molar-refractivity contribution in [3.05, 3.63) is 64.2 Å². The lowest BCUT2D eigenvalue weighted by Gasteiger charge is -2.63. The fourth-order valence-corrected chi connectivity index (χ4v) is 8.91. The molecule has 2 unspecified atom stereocenters. The average Bonchev–Trinajstić information content (AvgIpc) is 2.98. The van der Waals surface area contributed by atoms with Crippen LogP contribution in [0, 0.1) is 0 Å². The first-order chi connectivity index (χ1) is 21.2. The van der Waals surface area contributed by atoms with Crippen LogP contribution < -0.4 is 4.74 Å². The van der Waals surface area contributed by atoms with Gasteiger partial charge in [0, 0.05) is 53.8 Å². The summed E-state index contributed by atoms with van der Waals surface area (Å²) in [5, 5.41) is -0.315. The fourth-order valence-electron chi connectivity index (χ4n) is 6.23. The molecule has 0 N–H and O–H groups in total. The predicted molar refractivity (Wildman–Crippen MR) is 183 cm³/mol. The monoisotopic (exact) mass is 676 g/mol. The Labute approximate surface area is 278 Å². The van der Waals surface area contributed by atoms with Crippen molar-refractivity contribution >= 4 is 16.6 Å². The normalized spacial score (nSPS) is 23.7. The van der Waals surface area contributed by atoms with Crippen LogP contribution in [0.4, 0.5) is 0 Å². The lowest BCUT2D eigenvalue weighted by molar-refractivity contribution is -0.423. The molecule has 2 atom stereocenters. The van der Waals surface area contributed by atoms with Crippen molar-refractivity contribution in [1.82, 2.24) is 0 Å². The standard InChI is InChI=1S/C35H56O9Si2/c1-30(2,3)45(13,14)43-34(40-11)27-25(32(34,36-7)37-8)22-26-28(29(27)42-23-24-20-18-17-19-21-24)35(41-12,33(26,38-9)39-10)44-46(15,16)31(4,5)6/h17-22H,23H2,1-16H3. The van der Waals surface area contributed by atoms with E-state index in [0.29, 0.717) is 28.0 Å². The van der Waals surface area contributed by atoms with E-state index in [0.717, 1.165) is 5.56 Å². The molecule has 0 aromatic heterocycles. The van der Waals surface area contributed by atoms with E-state index in [9.17, 15) is 0 Å². The summed E-state index contributed by atoms with van der Waals surface area (Å²) in [7, 11) is 4.55. The van der Waals surface area contributed by atoms with Crippen molar-refractivity contribution < 1.29 is 42.0 Å². The molecule has 0 saturated carbocycles. The first-order valence-electron chi connectivity index (χ1n) is 15.8. The van der Waals surface area contributed by atoms with Crippen molar-refractivity contribution in [3.8, 4) is 5.75 Å². The van der Waals surface area contributed by atoms with Gasteiger partial charge in [-0.3, -0.25) is 0 Å². The van der Waals surface area contributed by atoms with Crippen LogP contribution in [0.25, 0.3) is 0 Å². The largest absolute Gasteiger partial charge is 0.488 e.